The minimum Gasteiger partial charge on any atom is -0.465 e. The number of esters is 2. The van der Waals surface area contributed by atoms with E-state index in [9.17, 15) is 9.59 Å². The molecule has 0 aliphatic carbocycles. The van der Waals surface area contributed by atoms with Crippen LogP contribution in [0.1, 0.15) is 66.7 Å². The monoisotopic (exact) mass is 300 g/mol. The summed E-state index contributed by atoms with van der Waals surface area (Å²) in [5.74, 6) is -0.318. The molecule has 0 spiro atoms. The largest absolute Gasteiger partial charge is 0.465 e. The van der Waals surface area contributed by atoms with E-state index in [2.05, 4.69) is 6.92 Å². The van der Waals surface area contributed by atoms with Crippen molar-refractivity contribution in [3.8, 4) is 0 Å². The predicted octanol–water partition coefficient (Wildman–Crippen LogP) is 3.97. The van der Waals surface area contributed by atoms with Crippen LogP contribution in [0.3, 0.4) is 0 Å². The van der Waals surface area contributed by atoms with Crippen molar-refractivity contribution in [2.24, 2.45) is 17.8 Å². The molecule has 0 heterocycles. The van der Waals surface area contributed by atoms with E-state index in [0.717, 1.165) is 19.3 Å². The van der Waals surface area contributed by atoms with Crippen LogP contribution < -0.4 is 0 Å². The molecule has 21 heavy (non-hydrogen) atoms. The summed E-state index contributed by atoms with van der Waals surface area (Å²) < 4.78 is 10.4. The fraction of sp³-hybridized carbons (Fsp3) is 0.882. The lowest BCUT2D eigenvalue weighted by molar-refractivity contribution is -0.156. The fourth-order valence-corrected chi connectivity index (χ4v) is 1.83. The second kappa shape index (κ2) is 11.6. The second-order valence-electron chi connectivity index (χ2n) is 6.50. The summed E-state index contributed by atoms with van der Waals surface area (Å²) in [6, 6.07) is 0. The van der Waals surface area contributed by atoms with Gasteiger partial charge in [0, 0.05) is 0 Å². The van der Waals surface area contributed by atoms with Gasteiger partial charge in [0.25, 0.3) is 0 Å². The molecule has 0 radical (unpaired) electrons. The van der Waals surface area contributed by atoms with Crippen LogP contribution in [0.15, 0.2) is 0 Å². The molecule has 0 aliphatic rings. The van der Waals surface area contributed by atoms with Crippen molar-refractivity contribution in [2.45, 2.75) is 66.7 Å². The van der Waals surface area contributed by atoms with Gasteiger partial charge >= 0.3 is 11.9 Å². The first-order valence-electron chi connectivity index (χ1n) is 8.19. The van der Waals surface area contributed by atoms with Gasteiger partial charge in [-0.25, -0.2) is 0 Å². The van der Waals surface area contributed by atoms with E-state index < -0.39 is 0 Å². The van der Waals surface area contributed by atoms with E-state index in [4.69, 9.17) is 9.47 Å². The highest BCUT2D eigenvalue weighted by Crippen LogP contribution is 2.17. The Morgan fingerprint density at radius 3 is 2.00 bits per heavy atom. The van der Waals surface area contributed by atoms with Crippen molar-refractivity contribution >= 4 is 11.9 Å². The van der Waals surface area contributed by atoms with Crippen LogP contribution in [0, 0.1) is 17.8 Å². The van der Waals surface area contributed by atoms with Gasteiger partial charge in [-0.3, -0.25) is 9.59 Å². The first-order chi connectivity index (χ1) is 9.86. The van der Waals surface area contributed by atoms with Gasteiger partial charge < -0.3 is 9.47 Å². The highest BCUT2D eigenvalue weighted by Gasteiger charge is 2.24. The Morgan fingerprint density at radius 2 is 1.48 bits per heavy atom. The van der Waals surface area contributed by atoms with Crippen LogP contribution in [-0.4, -0.2) is 25.2 Å². The van der Waals surface area contributed by atoms with Crippen LogP contribution in [0.25, 0.3) is 0 Å². The van der Waals surface area contributed by atoms with Crippen molar-refractivity contribution in [1.82, 2.24) is 0 Å². The quantitative estimate of drug-likeness (QED) is 0.428. The molecule has 0 rings (SSSR count). The molecule has 0 aliphatic heterocycles. The van der Waals surface area contributed by atoms with Gasteiger partial charge in [-0.1, -0.05) is 53.9 Å². The lowest BCUT2D eigenvalue weighted by atomic mass is 9.98. The Morgan fingerprint density at radius 1 is 0.905 bits per heavy atom. The number of ether oxygens (including phenoxy) is 2. The molecule has 1 atom stereocenters. The van der Waals surface area contributed by atoms with E-state index in [1.807, 2.05) is 27.7 Å². The molecule has 1 unspecified atom stereocenters. The molecular formula is C17H32O4. The van der Waals surface area contributed by atoms with E-state index in [1.165, 1.54) is 0 Å². The molecule has 0 bridgehead atoms. The van der Waals surface area contributed by atoms with Gasteiger partial charge in [0.15, 0.2) is 0 Å². The van der Waals surface area contributed by atoms with Crippen molar-refractivity contribution in [3.63, 3.8) is 0 Å². The van der Waals surface area contributed by atoms with E-state index in [0.29, 0.717) is 31.5 Å². The zero-order chi connectivity index (χ0) is 16.3. The SMILES string of the molecule is CCCCCC(CC(=O)OCC(C)C)C(=O)OCC(C)C. The average Bonchev–Trinajstić information content (AvgIpc) is 2.41. The van der Waals surface area contributed by atoms with E-state index in [1.54, 1.807) is 0 Å². The number of carbonyl (C=O) groups is 2. The molecule has 0 aromatic carbocycles. The standard InChI is InChI=1S/C17H32O4/c1-6-7-8-9-15(17(19)21-12-14(4)5)10-16(18)20-11-13(2)3/h13-15H,6-12H2,1-5H3. The molecular weight excluding hydrogens is 268 g/mol. The lowest BCUT2D eigenvalue weighted by Crippen LogP contribution is -2.24. The Kier molecular flexibility index (Phi) is 11.0. The fourth-order valence-electron chi connectivity index (χ4n) is 1.83. The van der Waals surface area contributed by atoms with Crippen LogP contribution >= 0.6 is 0 Å². The maximum absolute atomic E-state index is 12.1. The lowest BCUT2D eigenvalue weighted by Gasteiger charge is -2.16. The van der Waals surface area contributed by atoms with Gasteiger partial charge in [-0.15, -0.1) is 0 Å². The molecule has 4 heteroatoms. The van der Waals surface area contributed by atoms with Gasteiger partial charge in [-0.05, 0) is 18.3 Å². The highest BCUT2D eigenvalue weighted by molar-refractivity contribution is 5.79. The van der Waals surface area contributed by atoms with Crippen LogP contribution in [0.2, 0.25) is 0 Å². The topological polar surface area (TPSA) is 52.6 Å². The predicted molar refractivity (Wildman–Crippen MR) is 83.8 cm³/mol. The van der Waals surface area contributed by atoms with Crippen LogP contribution in [0.5, 0.6) is 0 Å². The number of unbranched alkanes of at least 4 members (excludes halogenated alkanes) is 2. The van der Waals surface area contributed by atoms with Gasteiger partial charge in [0.1, 0.15) is 0 Å². The molecule has 0 amide bonds. The zero-order valence-corrected chi connectivity index (χ0v) is 14.3. The molecule has 0 aromatic rings. The third-order valence-electron chi connectivity index (χ3n) is 3.04. The van der Waals surface area contributed by atoms with Gasteiger partial charge in [0.05, 0.1) is 25.6 Å². The van der Waals surface area contributed by atoms with Crippen LogP contribution in [-0.2, 0) is 19.1 Å². The minimum absolute atomic E-state index is 0.132. The Labute approximate surface area is 129 Å². The zero-order valence-electron chi connectivity index (χ0n) is 14.3. The Balaban J connectivity index is 4.35. The Bertz CT molecular complexity index is 297. The van der Waals surface area contributed by atoms with Gasteiger partial charge in [0.2, 0.25) is 0 Å². The number of hydrogen-bond acceptors (Lipinski definition) is 4. The molecule has 4 nitrogen and oxygen atoms in total. The second-order valence-corrected chi connectivity index (χ2v) is 6.50. The molecule has 0 aromatic heterocycles. The van der Waals surface area contributed by atoms with Crippen molar-refractivity contribution in [2.75, 3.05) is 13.2 Å². The summed E-state index contributed by atoms with van der Waals surface area (Å²) in [7, 11) is 0. The summed E-state index contributed by atoms with van der Waals surface area (Å²) in [6.07, 6.45) is 3.92. The third kappa shape index (κ3) is 11.3. The molecule has 0 N–H and O–H groups in total. The molecule has 0 saturated heterocycles. The van der Waals surface area contributed by atoms with Crippen molar-refractivity contribution < 1.29 is 19.1 Å². The maximum atomic E-state index is 12.1. The molecule has 124 valence electrons. The maximum Gasteiger partial charge on any atom is 0.309 e. The first kappa shape index (κ1) is 19.9. The smallest absolute Gasteiger partial charge is 0.309 e. The summed E-state index contributed by atoms with van der Waals surface area (Å²) in [5, 5.41) is 0. The summed E-state index contributed by atoms with van der Waals surface area (Å²) in [4.78, 5) is 23.9. The van der Waals surface area contributed by atoms with E-state index >= 15 is 0 Å². The van der Waals surface area contributed by atoms with E-state index in [-0.39, 0.29) is 24.3 Å². The minimum atomic E-state index is -0.366. The van der Waals surface area contributed by atoms with Crippen LogP contribution in [0.4, 0.5) is 0 Å². The first-order valence-corrected chi connectivity index (χ1v) is 8.19. The normalized spacial score (nSPS) is 12.5. The summed E-state index contributed by atoms with van der Waals surface area (Å²) in [6.45, 7) is 10.9. The number of carbonyl (C=O) groups excluding carboxylic acids is 2. The number of rotatable bonds is 11. The van der Waals surface area contributed by atoms with Crippen molar-refractivity contribution in [3.05, 3.63) is 0 Å². The average molecular weight is 300 g/mol. The number of hydrogen-bond donors (Lipinski definition) is 0. The Hall–Kier alpha value is -1.06. The van der Waals surface area contributed by atoms with Crippen molar-refractivity contribution in [1.29, 1.82) is 0 Å². The molecule has 0 fully saturated rings. The summed E-state index contributed by atoms with van der Waals surface area (Å²) in [5.41, 5.74) is 0. The third-order valence-corrected chi connectivity index (χ3v) is 3.04. The molecule has 0 saturated carbocycles. The highest BCUT2D eigenvalue weighted by atomic mass is 16.5. The van der Waals surface area contributed by atoms with Gasteiger partial charge in [-0.2, -0.15) is 0 Å². The summed E-state index contributed by atoms with van der Waals surface area (Å²) >= 11 is 0.